The number of benzene rings is 1. The van der Waals surface area contributed by atoms with Gasteiger partial charge in [-0.25, -0.2) is 9.97 Å². The van der Waals surface area contributed by atoms with Gasteiger partial charge in [-0.05, 0) is 25.0 Å². The van der Waals surface area contributed by atoms with Gasteiger partial charge in [0.2, 0.25) is 5.95 Å². The number of hydrogen-bond donors (Lipinski definition) is 2. The standard InChI is InChI=1S/C19H20N6O/c26-18(17-12-16(23-24-17)14-6-2-1-3-7-14)22-13-15-8-4-11-25(15)19-20-9-5-10-21-19/h1-3,5-7,9-10,12,15H,4,8,11,13H2,(H,22,26)(H,23,24). The highest BCUT2D eigenvalue weighted by molar-refractivity contribution is 5.93. The molecule has 0 aliphatic carbocycles. The fraction of sp³-hybridized carbons (Fsp3) is 0.263. The summed E-state index contributed by atoms with van der Waals surface area (Å²) in [6, 6.07) is 13.6. The molecule has 1 aliphatic heterocycles. The van der Waals surface area contributed by atoms with E-state index in [9.17, 15) is 4.79 Å². The average molecular weight is 348 g/mol. The van der Waals surface area contributed by atoms with E-state index in [1.54, 1.807) is 24.5 Å². The van der Waals surface area contributed by atoms with Crippen LogP contribution in [-0.4, -0.2) is 45.2 Å². The molecule has 1 aliphatic rings. The Bertz CT molecular complexity index is 864. The first-order valence-corrected chi connectivity index (χ1v) is 8.74. The molecule has 0 spiro atoms. The van der Waals surface area contributed by atoms with E-state index in [1.807, 2.05) is 30.3 Å². The molecule has 0 saturated carbocycles. The van der Waals surface area contributed by atoms with Crippen LogP contribution < -0.4 is 10.2 Å². The van der Waals surface area contributed by atoms with Gasteiger partial charge < -0.3 is 10.2 Å². The second-order valence-electron chi connectivity index (χ2n) is 6.28. The lowest BCUT2D eigenvalue weighted by Gasteiger charge is -2.24. The van der Waals surface area contributed by atoms with Gasteiger partial charge in [0, 0.05) is 37.1 Å². The molecule has 3 aromatic rings. The van der Waals surface area contributed by atoms with Crippen molar-refractivity contribution in [1.29, 1.82) is 0 Å². The molecular weight excluding hydrogens is 328 g/mol. The Morgan fingerprint density at radius 1 is 1.19 bits per heavy atom. The molecule has 132 valence electrons. The summed E-state index contributed by atoms with van der Waals surface area (Å²) in [5, 5.41) is 10.1. The molecule has 1 fully saturated rings. The summed E-state index contributed by atoms with van der Waals surface area (Å²) in [5.74, 6) is 0.567. The van der Waals surface area contributed by atoms with Gasteiger partial charge in [0.25, 0.3) is 5.91 Å². The summed E-state index contributed by atoms with van der Waals surface area (Å²) in [5.41, 5.74) is 2.20. The van der Waals surface area contributed by atoms with Crippen molar-refractivity contribution < 1.29 is 4.79 Å². The molecule has 3 heterocycles. The zero-order valence-corrected chi connectivity index (χ0v) is 14.3. The lowest BCUT2D eigenvalue weighted by molar-refractivity contribution is 0.0946. The maximum atomic E-state index is 12.5. The van der Waals surface area contributed by atoms with Crippen molar-refractivity contribution in [1.82, 2.24) is 25.5 Å². The summed E-state index contributed by atoms with van der Waals surface area (Å²) in [7, 11) is 0. The van der Waals surface area contributed by atoms with E-state index in [4.69, 9.17) is 0 Å². The normalized spacial score (nSPS) is 16.6. The van der Waals surface area contributed by atoms with E-state index in [-0.39, 0.29) is 11.9 Å². The van der Waals surface area contributed by atoms with Crippen LogP contribution in [0, 0.1) is 0 Å². The number of hydrogen-bond acceptors (Lipinski definition) is 5. The molecule has 26 heavy (non-hydrogen) atoms. The molecule has 2 aromatic heterocycles. The number of carbonyl (C=O) groups excluding carboxylic acids is 1. The molecule has 1 amide bonds. The lowest BCUT2D eigenvalue weighted by atomic mass is 10.1. The molecule has 7 heteroatoms. The summed E-state index contributed by atoms with van der Waals surface area (Å²) in [4.78, 5) is 23.3. The molecule has 1 saturated heterocycles. The van der Waals surface area contributed by atoms with Crippen LogP contribution in [0.4, 0.5) is 5.95 Å². The van der Waals surface area contributed by atoms with Gasteiger partial charge in [0.15, 0.2) is 0 Å². The summed E-state index contributed by atoms with van der Waals surface area (Å²) in [6.07, 6.45) is 5.57. The fourth-order valence-corrected chi connectivity index (χ4v) is 3.25. The molecule has 1 unspecified atom stereocenters. The average Bonchev–Trinajstić information content (AvgIpc) is 3.37. The van der Waals surface area contributed by atoms with E-state index in [0.29, 0.717) is 12.2 Å². The second-order valence-corrected chi connectivity index (χ2v) is 6.28. The molecule has 1 aromatic carbocycles. The Hall–Kier alpha value is -3.22. The van der Waals surface area contributed by atoms with Crippen LogP contribution in [0.25, 0.3) is 11.3 Å². The number of rotatable bonds is 5. The van der Waals surface area contributed by atoms with Crippen LogP contribution in [0.15, 0.2) is 54.9 Å². The maximum Gasteiger partial charge on any atom is 0.269 e. The third kappa shape index (κ3) is 3.42. The van der Waals surface area contributed by atoms with E-state index in [1.165, 1.54) is 0 Å². The van der Waals surface area contributed by atoms with Crippen molar-refractivity contribution in [3.05, 3.63) is 60.6 Å². The Morgan fingerprint density at radius 2 is 2.00 bits per heavy atom. The zero-order valence-electron chi connectivity index (χ0n) is 14.3. The largest absolute Gasteiger partial charge is 0.349 e. The third-order valence-corrected chi connectivity index (χ3v) is 4.58. The molecule has 2 N–H and O–H groups in total. The van der Waals surface area contributed by atoms with E-state index < -0.39 is 0 Å². The van der Waals surface area contributed by atoms with Crippen LogP contribution >= 0.6 is 0 Å². The van der Waals surface area contributed by atoms with Crippen molar-refractivity contribution >= 4 is 11.9 Å². The van der Waals surface area contributed by atoms with Crippen molar-refractivity contribution in [3.8, 4) is 11.3 Å². The number of nitrogens with one attached hydrogen (secondary N) is 2. The van der Waals surface area contributed by atoms with Crippen LogP contribution in [0.3, 0.4) is 0 Å². The van der Waals surface area contributed by atoms with Crippen molar-refractivity contribution in [2.45, 2.75) is 18.9 Å². The van der Waals surface area contributed by atoms with Crippen molar-refractivity contribution in [2.24, 2.45) is 0 Å². The highest BCUT2D eigenvalue weighted by Crippen LogP contribution is 2.21. The van der Waals surface area contributed by atoms with Gasteiger partial charge in [-0.15, -0.1) is 0 Å². The fourth-order valence-electron chi connectivity index (χ4n) is 3.25. The zero-order chi connectivity index (χ0) is 17.8. The van der Waals surface area contributed by atoms with Crippen LogP contribution in [0.1, 0.15) is 23.3 Å². The molecule has 0 bridgehead atoms. The summed E-state index contributed by atoms with van der Waals surface area (Å²) >= 11 is 0. The first kappa shape index (κ1) is 16.3. The number of nitrogens with zero attached hydrogens (tertiary/aromatic N) is 4. The quantitative estimate of drug-likeness (QED) is 0.739. The lowest BCUT2D eigenvalue weighted by Crippen LogP contribution is -2.41. The molecule has 0 radical (unpaired) electrons. The monoisotopic (exact) mass is 348 g/mol. The van der Waals surface area contributed by atoms with E-state index in [2.05, 4.69) is 30.4 Å². The van der Waals surface area contributed by atoms with Gasteiger partial charge >= 0.3 is 0 Å². The molecular formula is C19H20N6O. The summed E-state index contributed by atoms with van der Waals surface area (Å²) < 4.78 is 0. The third-order valence-electron chi connectivity index (χ3n) is 4.58. The van der Waals surface area contributed by atoms with Crippen LogP contribution in [-0.2, 0) is 0 Å². The van der Waals surface area contributed by atoms with Crippen molar-refractivity contribution in [2.75, 3.05) is 18.0 Å². The number of anilines is 1. The minimum Gasteiger partial charge on any atom is -0.349 e. The van der Waals surface area contributed by atoms with Gasteiger partial charge in [0.1, 0.15) is 5.69 Å². The number of aromatic amines is 1. The SMILES string of the molecule is O=C(NCC1CCCN1c1ncccn1)c1cc(-c2ccccc2)n[nH]1. The van der Waals surface area contributed by atoms with E-state index >= 15 is 0 Å². The number of amides is 1. The minimum atomic E-state index is -0.152. The summed E-state index contributed by atoms with van der Waals surface area (Å²) in [6.45, 7) is 1.46. The second kappa shape index (κ2) is 7.35. The molecule has 1 atom stereocenters. The van der Waals surface area contributed by atoms with Gasteiger partial charge in [0.05, 0.1) is 5.69 Å². The van der Waals surface area contributed by atoms with Gasteiger partial charge in [-0.2, -0.15) is 5.10 Å². The minimum absolute atomic E-state index is 0.152. The smallest absolute Gasteiger partial charge is 0.269 e. The molecule has 7 nitrogen and oxygen atoms in total. The van der Waals surface area contributed by atoms with Crippen molar-refractivity contribution in [3.63, 3.8) is 0 Å². The van der Waals surface area contributed by atoms with Crippen LogP contribution in [0.2, 0.25) is 0 Å². The first-order chi connectivity index (χ1) is 12.8. The Kier molecular flexibility index (Phi) is 4.59. The Morgan fingerprint density at radius 3 is 2.81 bits per heavy atom. The predicted molar refractivity (Wildman–Crippen MR) is 98.8 cm³/mol. The first-order valence-electron chi connectivity index (χ1n) is 8.74. The molecule has 4 rings (SSSR count). The van der Waals surface area contributed by atoms with Gasteiger partial charge in [-0.3, -0.25) is 9.89 Å². The topological polar surface area (TPSA) is 86.8 Å². The van der Waals surface area contributed by atoms with E-state index in [0.717, 1.165) is 36.6 Å². The number of H-pyrrole nitrogens is 1. The number of carbonyl (C=O) groups is 1. The van der Waals surface area contributed by atoms with Gasteiger partial charge in [-0.1, -0.05) is 30.3 Å². The maximum absolute atomic E-state index is 12.5. The predicted octanol–water partition coefficient (Wildman–Crippen LogP) is 2.27. The highest BCUT2D eigenvalue weighted by atomic mass is 16.1. The Balaban J connectivity index is 1.39. The number of aromatic nitrogens is 4. The van der Waals surface area contributed by atoms with Crippen LogP contribution in [0.5, 0.6) is 0 Å². The highest BCUT2D eigenvalue weighted by Gasteiger charge is 2.27. The Labute approximate surface area is 151 Å².